The topological polar surface area (TPSA) is 109 Å². The van der Waals surface area contributed by atoms with E-state index in [2.05, 4.69) is 15.2 Å². The van der Waals surface area contributed by atoms with E-state index < -0.39 is 44.9 Å². The van der Waals surface area contributed by atoms with E-state index >= 15 is 0 Å². The average Bonchev–Trinajstić information content (AvgIpc) is 3.42. The molecule has 0 aliphatic heterocycles. The van der Waals surface area contributed by atoms with Crippen LogP contribution in [0.25, 0.3) is 21.3 Å². The molecule has 16 heteroatoms. The van der Waals surface area contributed by atoms with Crippen LogP contribution in [0.4, 0.5) is 26.3 Å². The minimum Gasteiger partial charge on any atom is -0.481 e. The number of carbonyl (C=O) groups is 1. The lowest BCUT2D eigenvalue weighted by molar-refractivity contribution is -0.376. The number of hydrogen-bond donors (Lipinski definition) is 2. The van der Waals surface area contributed by atoms with Gasteiger partial charge in [0.15, 0.2) is 5.01 Å². The van der Waals surface area contributed by atoms with Crippen molar-refractivity contribution in [3.63, 3.8) is 0 Å². The highest BCUT2D eigenvalue weighted by Gasteiger charge is 2.72. The number of hydrogen-bond acceptors (Lipinski definition) is 7. The number of aliphatic carboxylic acids is 1. The lowest BCUT2D eigenvalue weighted by atomic mass is 9.81. The number of benzene rings is 1. The van der Waals surface area contributed by atoms with Crippen LogP contribution in [0.3, 0.4) is 0 Å². The standard InChI is InChI=1S/C24H21Cl2F6N3O4S/c1-21(2,20(36)37)9-14-34-35-18(39-14)19-33-13(8-10-4-3-5-10)17(40-19)11-6-7-12(16(26)15(11)25)22(38,23(27,28)29)24(30,31)32/h6-7,10,38H,3-5,8-9H2,1-2H3,(H,36,37). The molecule has 1 saturated carbocycles. The van der Waals surface area contributed by atoms with Crippen LogP contribution in [0.2, 0.25) is 10.0 Å². The summed E-state index contributed by atoms with van der Waals surface area (Å²) in [4.78, 5) is 16.3. The van der Waals surface area contributed by atoms with E-state index in [1.165, 1.54) is 13.8 Å². The molecule has 218 valence electrons. The van der Waals surface area contributed by atoms with Gasteiger partial charge < -0.3 is 14.6 Å². The lowest BCUT2D eigenvalue weighted by Crippen LogP contribution is -2.54. The fourth-order valence-corrected chi connectivity index (χ4v) is 5.76. The Hall–Kier alpha value is -2.42. The quantitative estimate of drug-likeness (QED) is 0.248. The molecule has 1 fully saturated rings. The predicted molar refractivity (Wildman–Crippen MR) is 133 cm³/mol. The first kappa shape index (κ1) is 30.5. The van der Waals surface area contributed by atoms with Crippen LogP contribution < -0.4 is 0 Å². The molecule has 0 radical (unpaired) electrons. The minimum absolute atomic E-state index is 0.00642. The van der Waals surface area contributed by atoms with Crippen molar-refractivity contribution in [2.24, 2.45) is 11.3 Å². The van der Waals surface area contributed by atoms with Crippen LogP contribution in [0.15, 0.2) is 16.5 Å². The van der Waals surface area contributed by atoms with Gasteiger partial charge in [0.2, 0.25) is 5.89 Å². The molecule has 2 aromatic heterocycles. The summed E-state index contributed by atoms with van der Waals surface area (Å²) in [6.07, 6.45) is -9.12. The van der Waals surface area contributed by atoms with Gasteiger partial charge in [-0.05, 0) is 26.2 Å². The number of aliphatic hydroxyl groups is 1. The van der Waals surface area contributed by atoms with Crippen molar-refractivity contribution in [1.82, 2.24) is 15.2 Å². The van der Waals surface area contributed by atoms with Gasteiger partial charge in [-0.2, -0.15) is 26.3 Å². The maximum atomic E-state index is 13.5. The normalized spacial score (nSPS) is 15.4. The van der Waals surface area contributed by atoms with Crippen LogP contribution in [0.5, 0.6) is 0 Å². The smallest absolute Gasteiger partial charge is 0.430 e. The maximum absolute atomic E-state index is 13.5. The zero-order chi connectivity index (χ0) is 29.8. The molecule has 0 spiro atoms. The zero-order valence-corrected chi connectivity index (χ0v) is 23.1. The maximum Gasteiger partial charge on any atom is 0.430 e. The highest BCUT2D eigenvalue weighted by atomic mass is 35.5. The molecular formula is C24H21Cl2F6N3O4S. The number of aromatic nitrogens is 3. The van der Waals surface area contributed by atoms with Crippen LogP contribution in [-0.4, -0.2) is 43.7 Å². The number of carboxylic acid groups (broad SMARTS) is 1. The molecule has 3 aromatic rings. The van der Waals surface area contributed by atoms with Crippen LogP contribution in [0.1, 0.15) is 50.3 Å². The van der Waals surface area contributed by atoms with E-state index in [-0.39, 0.29) is 34.7 Å². The van der Waals surface area contributed by atoms with Crippen LogP contribution >= 0.6 is 34.5 Å². The van der Waals surface area contributed by atoms with E-state index in [0.717, 1.165) is 36.7 Å². The third kappa shape index (κ3) is 5.42. The Morgan fingerprint density at radius 1 is 1.07 bits per heavy atom. The Kier molecular flexibility index (Phi) is 7.97. The van der Waals surface area contributed by atoms with Gasteiger partial charge in [-0.1, -0.05) is 54.6 Å². The molecule has 0 amide bonds. The summed E-state index contributed by atoms with van der Waals surface area (Å²) in [7, 11) is 0. The van der Waals surface area contributed by atoms with Crippen molar-refractivity contribution >= 4 is 40.5 Å². The second-order valence-electron chi connectivity index (χ2n) is 10.2. The predicted octanol–water partition coefficient (Wildman–Crippen LogP) is 7.48. The van der Waals surface area contributed by atoms with Gasteiger partial charge in [0.1, 0.15) is 0 Å². The molecular weight excluding hydrogens is 611 g/mol. The van der Waals surface area contributed by atoms with Crippen LogP contribution in [0, 0.1) is 11.3 Å². The molecule has 40 heavy (non-hydrogen) atoms. The zero-order valence-electron chi connectivity index (χ0n) is 20.8. The van der Waals surface area contributed by atoms with Crippen molar-refractivity contribution in [2.45, 2.75) is 63.9 Å². The number of halogens is 8. The van der Waals surface area contributed by atoms with Crippen molar-refractivity contribution < 1.29 is 45.8 Å². The van der Waals surface area contributed by atoms with Gasteiger partial charge >= 0.3 is 18.3 Å². The molecule has 1 aromatic carbocycles. The van der Waals surface area contributed by atoms with E-state index in [1.807, 2.05) is 0 Å². The molecule has 0 atom stereocenters. The van der Waals surface area contributed by atoms with E-state index in [1.54, 1.807) is 0 Å². The number of rotatable bonds is 8. The van der Waals surface area contributed by atoms with E-state index in [9.17, 15) is 41.4 Å². The highest BCUT2D eigenvalue weighted by Crippen LogP contribution is 2.54. The van der Waals surface area contributed by atoms with Crippen LogP contribution in [-0.2, 0) is 23.2 Å². The van der Waals surface area contributed by atoms with Crippen molar-refractivity contribution in [2.75, 3.05) is 0 Å². The Morgan fingerprint density at radius 2 is 1.70 bits per heavy atom. The third-order valence-electron chi connectivity index (χ3n) is 6.76. The number of thiazole rings is 1. The Morgan fingerprint density at radius 3 is 2.23 bits per heavy atom. The first-order valence-electron chi connectivity index (χ1n) is 11.8. The second kappa shape index (κ2) is 10.4. The number of alkyl halides is 6. The molecule has 7 nitrogen and oxygen atoms in total. The van der Waals surface area contributed by atoms with Crippen molar-refractivity contribution in [3.8, 4) is 21.3 Å². The average molecular weight is 632 g/mol. The van der Waals surface area contributed by atoms with Gasteiger partial charge in [-0.3, -0.25) is 4.79 Å². The molecule has 0 bridgehead atoms. The molecule has 2 heterocycles. The van der Waals surface area contributed by atoms with Crippen molar-refractivity contribution in [1.29, 1.82) is 0 Å². The second-order valence-corrected chi connectivity index (χ2v) is 11.9. The monoisotopic (exact) mass is 631 g/mol. The van der Waals surface area contributed by atoms with Gasteiger partial charge in [-0.25, -0.2) is 4.98 Å². The first-order valence-corrected chi connectivity index (χ1v) is 13.3. The number of carboxylic acids is 1. The summed E-state index contributed by atoms with van der Waals surface area (Å²) in [6, 6.07) is 1.36. The van der Waals surface area contributed by atoms with Gasteiger partial charge in [-0.15, -0.1) is 21.5 Å². The minimum atomic E-state index is -6.14. The number of nitrogens with zero attached hydrogens (tertiary/aromatic N) is 3. The first-order chi connectivity index (χ1) is 18.4. The Labute approximate surface area is 237 Å². The molecule has 0 saturated heterocycles. The Bertz CT molecular complexity index is 1420. The summed E-state index contributed by atoms with van der Waals surface area (Å²) in [5.41, 5.74) is -7.66. The molecule has 2 N–H and O–H groups in total. The van der Waals surface area contributed by atoms with E-state index in [0.29, 0.717) is 23.1 Å². The molecule has 4 rings (SSSR count). The largest absolute Gasteiger partial charge is 0.481 e. The van der Waals surface area contributed by atoms with Gasteiger partial charge in [0, 0.05) is 17.5 Å². The fraction of sp³-hybridized carbons (Fsp3) is 0.500. The summed E-state index contributed by atoms with van der Waals surface area (Å²) < 4.78 is 86.5. The van der Waals surface area contributed by atoms with E-state index in [4.69, 9.17) is 27.6 Å². The fourth-order valence-electron chi connectivity index (χ4n) is 4.10. The SMILES string of the molecule is CC(C)(Cc1nnc(-c2nc(CC3CCC3)c(-c3ccc(C(O)(C(F)(F)F)C(F)(F)F)c(Cl)c3Cl)s2)o1)C(=O)O. The summed E-state index contributed by atoms with van der Waals surface area (Å²) >= 11 is 13.2. The lowest BCUT2D eigenvalue weighted by Gasteiger charge is -2.33. The molecule has 1 aliphatic rings. The highest BCUT2D eigenvalue weighted by molar-refractivity contribution is 7.18. The summed E-state index contributed by atoms with van der Waals surface area (Å²) in [6.45, 7) is 2.96. The third-order valence-corrected chi connectivity index (χ3v) is 8.76. The van der Waals surface area contributed by atoms with Gasteiger partial charge in [0.25, 0.3) is 11.5 Å². The van der Waals surface area contributed by atoms with Gasteiger partial charge in [0.05, 0.1) is 26.0 Å². The summed E-state index contributed by atoms with van der Waals surface area (Å²) in [5, 5.41) is 25.4. The summed E-state index contributed by atoms with van der Waals surface area (Å²) in [5.74, 6) is -0.852. The molecule has 1 aliphatic carbocycles. The Balaban J connectivity index is 1.79. The molecule has 0 unspecified atom stereocenters. The van der Waals surface area contributed by atoms with Crippen molar-refractivity contribution in [3.05, 3.63) is 39.3 Å².